The van der Waals surface area contributed by atoms with Gasteiger partial charge in [-0.2, -0.15) is 10.2 Å². The van der Waals surface area contributed by atoms with Crippen molar-refractivity contribution >= 4 is 0 Å². The average Bonchev–Trinajstić information content (AvgIpc) is 2.66. The first-order valence-corrected chi connectivity index (χ1v) is 10.2. The number of aromatic nitrogens is 2. The van der Waals surface area contributed by atoms with Gasteiger partial charge in [0.15, 0.2) is 0 Å². The van der Waals surface area contributed by atoms with E-state index in [-0.39, 0.29) is 0 Å². The number of unbranched alkanes of at least 4 members (excludes halogenated alkanes) is 5. The normalized spacial score (nSPS) is 12.3. The fraction of sp³-hybridized carbons (Fsp3) is 0.565. The van der Waals surface area contributed by atoms with Crippen LogP contribution in [0.25, 0.3) is 11.3 Å². The van der Waals surface area contributed by atoms with Crippen LogP contribution in [0.1, 0.15) is 89.3 Å². The van der Waals surface area contributed by atoms with Gasteiger partial charge in [0.05, 0.1) is 11.4 Å². The fourth-order valence-corrected chi connectivity index (χ4v) is 3.21. The van der Waals surface area contributed by atoms with E-state index in [0.29, 0.717) is 5.92 Å². The van der Waals surface area contributed by atoms with Crippen LogP contribution in [0.4, 0.5) is 0 Å². The van der Waals surface area contributed by atoms with Gasteiger partial charge in [0.1, 0.15) is 0 Å². The molecule has 25 heavy (non-hydrogen) atoms. The van der Waals surface area contributed by atoms with Crippen molar-refractivity contribution in [2.24, 2.45) is 0 Å². The number of hydrogen-bond acceptors (Lipinski definition) is 2. The first-order valence-electron chi connectivity index (χ1n) is 10.2. The zero-order chi connectivity index (χ0) is 17.9. The molecule has 2 rings (SSSR count). The lowest BCUT2D eigenvalue weighted by Crippen LogP contribution is -2.00. The molecule has 2 nitrogen and oxygen atoms in total. The van der Waals surface area contributed by atoms with Crippen molar-refractivity contribution in [1.82, 2.24) is 10.2 Å². The molecular weight excluding hydrogens is 304 g/mol. The van der Waals surface area contributed by atoms with E-state index in [1.165, 1.54) is 63.4 Å². The molecule has 0 saturated carbocycles. The van der Waals surface area contributed by atoms with Gasteiger partial charge in [-0.3, -0.25) is 0 Å². The summed E-state index contributed by atoms with van der Waals surface area (Å²) in [5.41, 5.74) is 4.68. The van der Waals surface area contributed by atoms with Gasteiger partial charge >= 0.3 is 0 Å². The number of rotatable bonds is 11. The number of aryl methyl sites for hydroxylation is 1. The smallest absolute Gasteiger partial charge is 0.0929 e. The molecule has 0 fully saturated rings. The molecule has 0 saturated heterocycles. The predicted octanol–water partition coefficient (Wildman–Crippen LogP) is 6.95. The molecule has 1 aromatic heterocycles. The van der Waals surface area contributed by atoms with Crippen molar-refractivity contribution in [2.75, 3.05) is 0 Å². The fourth-order valence-electron chi connectivity index (χ4n) is 3.21. The van der Waals surface area contributed by atoms with E-state index < -0.39 is 0 Å². The lowest BCUT2D eigenvalue weighted by molar-refractivity contribution is 0.568. The van der Waals surface area contributed by atoms with Crippen molar-refractivity contribution in [1.29, 1.82) is 0 Å². The number of benzene rings is 1. The maximum atomic E-state index is 4.49. The van der Waals surface area contributed by atoms with Crippen LogP contribution in [0, 0.1) is 0 Å². The maximum Gasteiger partial charge on any atom is 0.0929 e. The Bertz CT molecular complexity index is 586. The number of hydrogen-bond donors (Lipinski definition) is 0. The van der Waals surface area contributed by atoms with Crippen LogP contribution in [0.3, 0.4) is 0 Å². The Hall–Kier alpha value is -1.70. The molecule has 0 spiro atoms. The second-order valence-corrected chi connectivity index (χ2v) is 7.25. The van der Waals surface area contributed by atoms with Crippen LogP contribution in [-0.4, -0.2) is 10.2 Å². The molecule has 1 atom stereocenters. The molecule has 0 N–H and O–H groups in total. The van der Waals surface area contributed by atoms with Crippen LogP contribution < -0.4 is 0 Å². The van der Waals surface area contributed by atoms with Gasteiger partial charge < -0.3 is 0 Å². The van der Waals surface area contributed by atoms with Crippen LogP contribution >= 0.6 is 0 Å². The number of nitrogens with zero attached hydrogens (tertiary/aromatic N) is 2. The molecule has 1 unspecified atom stereocenters. The molecule has 0 aliphatic carbocycles. The molecule has 0 amide bonds. The monoisotopic (exact) mass is 338 g/mol. The van der Waals surface area contributed by atoms with Crippen molar-refractivity contribution < 1.29 is 0 Å². The van der Waals surface area contributed by atoms with E-state index >= 15 is 0 Å². The summed E-state index contributed by atoms with van der Waals surface area (Å²) < 4.78 is 0. The van der Waals surface area contributed by atoms with Crippen LogP contribution in [-0.2, 0) is 6.42 Å². The Labute approximate surface area is 154 Å². The van der Waals surface area contributed by atoms with Gasteiger partial charge in [-0.1, -0.05) is 83.6 Å². The van der Waals surface area contributed by atoms with Gasteiger partial charge in [0.2, 0.25) is 0 Å². The summed E-state index contributed by atoms with van der Waals surface area (Å²) in [5, 5.41) is 8.96. The zero-order valence-electron chi connectivity index (χ0n) is 16.3. The Morgan fingerprint density at radius 3 is 2.12 bits per heavy atom. The Kier molecular flexibility index (Phi) is 8.65. The lowest BCUT2D eigenvalue weighted by Gasteiger charge is -2.10. The third kappa shape index (κ3) is 6.61. The highest BCUT2D eigenvalue weighted by Crippen LogP contribution is 2.23. The molecule has 0 radical (unpaired) electrons. The van der Waals surface area contributed by atoms with Crippen LogP contribution in [0.2, 0.25) is 0 Å². The van der Waals surface area contributed by atoms with Gasteiger partial charge in [-0.25, -0.2) is 0 Å². The average molecular weight is 339 g/mol. The second kappa shape index (κ2) is 11.0. The molecule has 136 valence electrons. The van der Waals surface area contributed by atoms with Crippen molar-refractivity contribution in [3.05, 3.63) is 47.7 Å². The van der Waals surface area contributed by atoms with Crippen molar-refractivity contribution in [2.45, 2.75) is 84.5 Å². The summed E-state index contributed by atoms with van der Waals surface area (Å²) in [6.07, 6.45) is 11.5. The zero-order valence-corrected chi connectivity index (χ0v) is 16.3. The minimum absolute atomic E-state index is 0.499. The topological polar surface area (TPSA) is 25.8 Å². The highest BCUT2D eigenvalue weighted by molar-refractivity contribution is 5.58. The van der Waals surface area contributed by atoms with Crippen LogP contribution in [0.5, 0.6) is 0 Å². The molecular formula is C23H34N2. The second-order valence-electron chi connectivity index (χ2n) is 7.25. The standard InChI is InChI=1S/C23H34N2/c1-4-6-8-10-11-19(3)22-17-18-23(25-24-22)21-15-13-20(14-16-21)12-9-7-5-2/h13-19H,4-12H2,1-3H3. The first-order chi connectivity index (χ1) is 12.2. The van der Waals surface area contributed by atoms with E-state index in [4.69, 9.17) is 0 Å². The Morgan fingerprint density at radius 2 is 1.48 bits per heavy atom. The van der Waals surface area contributed by atoms with Crippen molar-refractivity contribution in [3.63, 3.8) is 0 Å². The largest absolute Gasteiger partial charge is 0.155 e. The quantitative estimate of drug-likeness (QED) is 0.414. The molecule has 0 aliphatic heterocycles. The summed E-state index contributed by atoms with van der Waals surface area (Å²) in [6.45, 7) is 6.77. The van der Waals surface area contributed by atoms with Gasteiger partial charge in [-0.05, 0) is 37.0 Å². The van der Waals surface area contributed by atoms with E-state index in [1.807, 2.05) is 0 Å². The Morgan fingerprint density at radius 1 is 0.760 bits per heavy atom. The highest BCUT2D eigenvalue weighted by atomic mass is 15.1. The van der Waals surface area contributed by atoms with Gasteiger partial charge in [0.25, 0.3) is 0 Å². The third-order valence-electron chi connectivity index (χ3n) is 5.00. The van der Waals surface area contributed by atoms with E-state index in [1.54, 1.807) is 0 Å². The van der Waals surface area contributed by atoms with E-state index in [9.17, 15) is 0 Å². The minimum atomic E-state index is 0.499. The SMILES string of the molecule is CCCCCCC(C)c1ccc(-c2ccc(CCCCC)cc2)nn1. The molecule has 1 aromatic carbocycles. The molecule has 2 heteroatoms. The lowest BCUT2D eigenvalue weighted by atomic mass is 9.98. The molecule has 2 aromatic rings. The summed E-state index contributed by atoms with van der Waals surface area (Å²) >= 11 is 0. The Balaban J connectivity index is 1.90. The summed E-state index contributed by atoms with van der Waals surface area (Å²) in [7, 11) is 0. The first kappa shape index (κ1) is 19.6. The predicted molar refractivity (Wildman–Crippen MR) is 108 cm³/mol. The summed E-state index contributed by atoms with van der Waals surface area (Å²) in [5.74, 6) is 0.499. The maximum absolute atomic E-state index is 4.49. The molecule has 0 aliphatic rings. The highest BCUT2D eigenvalue weighted by Gasteiger charge is 2.08. The molecule has 1 heterocycles. The summed E-state index contributed by atoms with van der Waals surface area (Å²) in [4.78, 5) is 0. The third-order valence-corrected chi connectivity index (χ3v) is 5.00. The van der Waals surface area contributed by atoms with Gasteiger partial charge in [-0.15, -0.1) is 0 Å². The molecule has 0 bridgehead atoms. The van der Waals surface area contributed by atoms with Crippen LogP contribution in [0.15, 0.2) is 36.4 Å². The van der Waals surface area contributed by atoms with E-state index in [0.717, 1.165) is 17.0 Å². The van der Waals surface area contributed by atoms with Crippen molar-refractivity contribution in [3.8, 4) is 11.3 Å². The van der Waals surface area contributed by atoms with Gasteiger partial charge in [0, 0.05) is 11.5 Å². The summed E-state index contributed by atoms with van der Waals surface area (Å²) in [6, 6.07) is 13.1. The van der Waals surface area contributed by atoms with E-state index in [2.05, 4.69) is 67.4 Å². The minimum Gasteiger partial charge on any atom is -0.155 e.